The van der Waals surface area contributed by atoms with Gasteiger partial charge in [0.15, 0.2) is 5.84 Å². The summed E-state index contributed by atoms with van der Waals surface area (Å²) >= 11 is 1.40. The molecule has 0 saturated carbocycles. The van der Waals surface area contributed by atoms with Crippen LogP contribution in [0.15, 0.2) is 40.5 Å². The number of aromatic nitrogens is 1. The molecule has 5 nitrogen and oxygen atoms in total. The SMILES string of the molecule is CC(CO)Sc1nc2ccccc2cc1/C(N)=N/O. The Morgan fingerprint density at radius 1 is 1.47 bits per heavy atom. The Balaban J connectivity index is 2.57. The maximum absolute atomic E-state index is 9.14. The summed E-state index contributed by atoms with van der Waals surface area (Å²) in [6, 6.07) is 9.47. The van der Waals surface area contributed by atoms with Gasteiger partial charge in [-0.05, 0) is 12.1 Å². The van der Waals surface area contributed by atoms with Gasteiger partial charge in [0, 0.05) is 10.6 Å². The molecule has 4 N–H and O–H groups in total. The molecule has 2 aromatic rings. The highest BCUT2D eigenvalue weighted by Crippen LogP contribution is 2.27. The first kappa shape index (κ1) is 13.6. The van der Waals surface area contributed by atoms with Crippen molar-refractivity contribution in [2.45, 2.75) is 17.2 Å². The summed E-state index contributed by atoms with van der Waals surface area (Å²) in [5, 5.41) is 22.6. The predicted molar refractivity (Wildman–Crippen MR) is 76.7 cm³/mol. The first-order chi connectivity index (χ1) is 9.15. The lowest BCUT2D eigenvalue weighted by molar-refractivity contribution is 0.300. The Kier molecular flexibility index (Phi) is 4.24. The van der Waals surface area contributed by atoms with Crippen LogP contribution in [0.1, 0.15) is 12.5 Å². The van der Waals surface area contributed by atoms with Gasteiger partial charge in [0.25, 0.3) is 0 Å². The highest BCUT2D eigenvalue weighted by Gasteiger charge is 2.14. The summed E-state index contributed by atoms with van der Waals surface area (Å²) in [4.78, 5) is 4.51. The lowest BCUT2D eigenvalue weighted by atomic mass is 10.1. The zero-order chi connectivity index (χ0) is 13.8. The van der Waals surface area contributed by atoms with E-state index >= 15 is 0 Å². The molecule has 0 radical (unpaired) electrons. The van der Waals surface area contributed by atoms with E-state index in [0.717, 1.165) is 10.9 Å². The second-order valence-electron chi connectivity index (χ2n) is 4.13. The van der Waals surface area contributed by atoms with Crippen molar-refractivity contribution in [3.05, 3.63) is 35.9 Å². The zero-order valence-electron chi connectivity index (χ0n) is 10.4. The number of hydrogen-bond donors (Lipinski definition) is 3. The van der Waals surface area contributed by atoms with Crippen LogP contribution in [0.25, 0.3) is 10.9 Å². The number of para-hydroxylation sites is 1. The molecule has 1 aromatic heterocycles. The molecule has 1 atom stereocenters. The fraction of sp³-hybridized carbons (Fsp3) is 0.231. The van der Waals surface area contributed by atoms with Crippen LogP contribution in [0, 0.1) is 0 Å². The van der Waals surface area contributed by atoms with Gasteiger partial charge in [-0.2, -0.15) is 0 Å². The van der Waals surface area contributed by atoms with E-state index in [0.29, 0.717) is 10.6 Å². The number of thioether (sulfide) groups is 1. The number of hydrogen-bond acceptors (Lipinski definition) is 5. The average Bonchev–Trinajstić information content (AvgIpc) is 2.45. The molecule has 2 rings (SSSR count). The van der Waals surface area contributed by atoms with Crippen LogP contribution < -0.4 is 5.73 Å². The Labute approximate surface area is 115 Å². The van der Waals surface area contributed by atoms with Crippen molar-refractivity contribution in [2.24, 2.45) is 10.9 Å². The van der Waals surface area contributed by atoms with Crippen molar-refractivity contribution in [3.8, 4) is 0 Å². The van der Waals surface area contributed by atoms with E-state index in [1.54, 1.807) is 0 Å². The van der Waals surface area contributed by atoms with E-state index in [1.165, 1.54) is 11.8 Å². The number of nitrogens with two attached hydrogens (primary N) is 1. The monoisotopic (exact) mass is 277 g/mol. The number of rotatable bonds is 4. The predicted octanol–water partition coefficient (Wildman–Crippen LogP) is 1.80. The summed E-state index contributed by atoms with van der Waals surface area (Å²) < 4.78 is 0. The van der Waals surface area contributed by atoms with Gasteiger partial charge in [0.2, 0.25) is 0 Å². The topological polar surface area (TPSA) is 91.7 Å². The first-order valence-corrected chi connectivity index (χ1v) is 6.69. The van der Waals surface area contributed by atoms with Crippen LogP contribution in [-0.2, 0) is 0 Å². The first-order valence-electron chi connectivity index (χ1n) is 5.81. The third-order valence-electron chi connectivity index (χ3n) is 2.64. The number of benzene rings is 1. The van der Waals surface area contributed by atoms with Crippen molar-refractivity contribution in [1.82, 2.24) is 4.98 Å². The molecule has 1 aromatic carbocycles. The Morgan fingerprint density at radius 2 is 2.21 bits per heavy atom. The molecular formula is C13H15N3O2S. The number of aliphatic hydroxyl groups excluding tert-OH is 1. The van der Waals surface area contributed by atoms with Gasteiger partial charge in [-0.1, -0.05) is 30.3 Å². The second kappa shape index (κ2) is 5.90. The molecule has 0 saturated heterocycles. The quantitative estimate of drug-likeness (QED) is 0.260. The minimum absolute atomic E-state index is 0.0149. The van der Waals surface area contributed by atoms with Gasteiger partial charge in [-0.3, -0.25) is 0 Å². The van der Waals surface area contributed by atoms with Crippen LogP contribution in [0.5, 0.6) is 0 Å². The highest BCUT2D eigenvalue weighted by atomic mass is 32.2. The summed E-state index contributed by atoms with van der Waals surface area (Å²) in [5.74, 6) is 0.0193. The summed E-state index contributed by atoms with van der Waals surface area (Å²) in [7, 11) is 0. The summed E-state index contributed by atoms with van der Waals surface area (Å²) in [6.45, 7) is 1.92. The molecule has 6 heteroatoms. The molecule has 0 amide bonds. The molecule has 1 unspecified atom stereocenters. The van der Waals surface area contributed by atoms with E-state index in [9.17, 15) is 0 Å². The molecule has 0 aliphatic carbocycles. The lowest BCUT2D eigenvalue weighted by Gasteiger charge is -2.12. The van der Waals surface area contributed by atoms with Crippen LogP contribution in [0.2, 0.25) is 0 Å². The number of amidine groups is 1. The maximum Gasteiger partial charge on any atom is 0.172 e. The third-order valence-corrected chi connectivity index (χ3v) is 3.73. The van der Waals surface area contributed by atoms with Crippen LogP contribution in [0.4, 0.5) is 0 Å². The standard InChI is InChI=1S/C13H15N3O2S/c1-8(7-17)19-13-10(12(14)16-18)6-9-4-2-3-5-11(9)15-13/h2-6,8,17-18H,7H2,1H3,(H2,14,16). The van der Waals surface area contributed by atoms with Gasteiger partial charge in [0.1, 0.15) is 5.03 Å². The number of fused-ring (bicyclic) bond motifs is 1. The van der Waals surface area contributed by atoms with Gasteiger partial charge in [-0.15, -0.1) is 11.8 Å². The number of pyridine rings is 1. The molecule has 1 heterocycles. The summed E-state index contributed by atoms with van der Waals surface area (Å²) in [5.41, 5.74) is 7.10. The van der Waals surface area contributed by atoms with Crippen LogP contribution in [-0.4, -0.2) is 33.0 Å². The van der Waals surface area contributed by atoms with Crippen molar-refractivity contribution >= 4 is 28.5 Å². The van der Waals surface area contributed by atoms with E-state index in [2.05, 4.69) is 10.1 Å². The average molecular weight is 277 g/mol. The van der Waals surface area contributed by atoms with Crippen LogP contribution >= 0.6 is 11.8 Å². The van der Waals surface area contributed by atoms with E-state index in [-0.39, 0.29) is 17.7 Å². The normalized spacial score (nSPS) is 13.7. The third kappa shape index (κ3) is 2.97. The van der Waals surface area contributed by atoms with Crippen LogP contribution in [0.3, 0.4) is 0 Å². The fourth-order valence-corrected chi connectivity index (χ4v) is 2.55. The molecule has 0 aliphatic heterocycles. The molecule has 100 valence electrons. The minimum atomic E-state index is -0.0149. The van der Waals surface area contributed by atoms with Gasteiger partial charge in [0.05, 0.1) is 17.7 Å². The Bertz CT molecular complexity index is 616. The lowest BCUT2D eigenvalue weighted by Crippen LogP contribution is -2.16. The summed E-state index contributed by atoms with van der Waals surface area (Å²) in [6.07, 6.45) is 0. The van der Waals surface area contributed by atoms with Crippen molar-refractivity contribution in [2.75, 3.05) is 6.61 Å². The molecule has 0 spiro atoms. The number of aliphatic hydroxyl groups is 1. The van der Waals surface area contributed by atoms with E-state index in [1.807, 2.05) is 37.3 Å². The van der Waals surface area contributed by atoms with E-state index < -0.39 is 0 Å². The van der Waals surface area contributed by atoms with Gasteiger partial charge in [-0.25, -0.2) is 4.98 Å². The Hall–Kier alpha value is -1.79. The highest BCUT2D eigenvalue weighted by molar-refractivity contribution is 7.99. The zero-order valence-corrected chi connectivity index (χ0v) is 11.3. The molecule has 0 fully saturated rings. The Morgan fingerprint density at radius 3 is 2.89 bits per heavy atom. The fourth-order valence-electron chi connectivity index (χ4n) is 1.65. The maximum atomic E-state index is 9.14. The molecule has 0 aliphatic rings. The van der Waals surface area contributed by atoms with Crippen molar-refractivity contribution in [3.63, 3.8) is 0 Å². The van der Waals surface area contributed by atoms with E-state index in [4.69, 9.17) is 16.0 Å². The number of nitrogens with zero attached hydrogens (tertiary/aromatic N) is 2. The second-order valence-corrected chi connectivity index (χ2v) is 5.56. The largest absolute Gasteiger partial charge is 0.409 e. The number of oxime groups is 1. The molecule has 0 bridgehead atoms. The molecular weight excluding hydrogens is 262 g/mol. The van der Waals surface area contributed by atoms with Gasteiger partial charge < -0.3 is 16.0 Å². The van der Waals surface area contributed by atoms with Crippen molar-refractivity contribution < 1.29 is 10.3 Å². The minimum Gasteiger partial charge on any atom is -0.409 e. The van der Waals surface area contributed by atoms with Crippen molar-refractivity contribution in [1.29, 1.82) is 0 Å². The van der Waals surface area contributed by atoms with Gasteiger partial charge >= 0.3 is 0 Å². The molecule has 19 heavy (non-hydrogen) atoms. The smallest absolute Gasteiger partial charge is 0.172 e.